The Morgan fingerprint density at radius 2 is 1.79 bits per heavy atom. The molecule has 0 radical (unpaired) electrons. The summed E-state index contributed by atoms with van der Waals surface area (Å²) < 4.78 is 11.1. The number of aromatic hydroxyl groups is 2. The van der Waals surface area contributed by atoms with E-state index in [0.717, 1.165) is 39.6 Å². The van der Waals surface area contributed by atoms with E-state index in [1.165, 1.54) is 0 Å². The Hall–Kier alpha value is -3.08. The normalized spacial score (nSPS) is 14.8. The van der Waals surface area contributed by atoms with Gasteiger partial charge in [0.05, 0.1) is 31.2 Å². The lowest BCUT2D eigenvalue weighted by Gasteiger charge is -2.37. The summed E-state index contributed by atoms with van der Waals surface area (Å²) in [7, 11) is 3.27. The van der Waals surface area contributed by atoms with Gasteiger partial charge in [0.1, 0.15) is 11.5 Å². The van der Waals surface area contributed by atoms with Crippen molar-refractivity contribution in [3.63, 3.8) is 0 Å². The van der Waals surface area contributed by atoms with Gasteiger partial charge in [-0.15, -0.1) is 0 Å². The fourth-order valence-electron chi connectivity index (χ4n) is 3.38. The first-order chi connectivity index (χ1) is 11.7. The molecule has 0 aromatic heterocycles. The van der Waals surface area contributed by atoms with Crippen LogP contribution in [-0.2, 0) is 4.74 Å². The van der Waals surface area contributed by atoms with Crippen LogP contribution in [0.25, 0.3) is 16.8 Å². The van der Waals surface area contributed by atoms with Crippen molar-refractivity contribution in [2.45, 2.75) is 0 Å². The number of methoxy groups -OCH3 is 2. The van der Waals surface area contributed by atoms with Crippen molar-refractivity contribution in [3.8, 4) is 28.4 Å². The number of benzene rings is 2. The molecule has 0 saturated heterocycles. The van der Waals surface area contributed by atoms with E-state index in [9.17, 15) is 10.2 Å². The van der Waals surface area contributed by atoms with Crippen LogP contribution in [0.3, 0.4) is 0 Å². The lowest BCUT2D eigenvalue weighted by molar-refractivity contribution is 0.306. The van der Waals surface area contributed by atoms with Crippen molar-refractivity contribution < 1.29 is 19.7 Å². The summed E-state index contributed by atoms with van der Waals surface area (Å²) in [5.41, 5.74) is 4.40. The van der Waals surface area contributed by atoms with Gasteiger partial charge in [-0.2, -0.15) is 0 Å². The molecule has 122 valence electrons. The lowest BCUT2D eigenvalue weighted by Crippen LogP contribution is -2.29. The molecule has 0 spiro atoms. The van der Waals surface area contributed by atoms with Gasteiger partial charge in [-0.05, 0) is 23.8 Å². The zero-order valence-corrected chi connectivity index (χ0v) is 13.4. The second-order valence-corrected chi connectivity index (χ2v) is 5.67. The van der Waals surface area contributed by atoms with Gasteiger partial charge in [0.15, 0.2) is 11.5 Å². The summed E-state index contributed by atoms with van der Waals surface area (Å²) >= 11 is 0. The maximum Gasteiger partial charge on any atom is 0.159 e. The van der Waals surface area contributed by atoms with Crippen LogP contribution in [0.15, 0.2) is 48.2 Å². The van der Waals surface area contributed by atoms with E-state index < -0.39 is 0 Å². The van der Waals surface area contributed by atoms with Crippen molar-refractivity contribution in [3.05, 3.63) is 53.8 Å². The third kappa shape index (κ3) is 1.88. The zero-order valence-electron chi connectivity index (χ0n) is 13.4. The summed E-state index contributed by atoms with van der Waals surface area (Å²) in [6, 6.07) is 8.96. The molecule has 0 amide bonds. The van der Waals surface area contributed by atoms with Gasteiger partial charge in [-0.3, -0.25) is 0 Å². The molecule has 2 aliphatic rings. The van der Waals surface area contributed by atoms with E-state index >= 15 is 0 Å². The van der Waals surface area contributed by atoms with Gasteiger partial charge in [-0.25, -0.2) is 0 Å². The Morgan fingerprint density at radius 3 is 2.54 bits per heavy atom. The molecule has 2 aromatic carbocycles. The van der Waals surface area contributed by atoms with Crippen LogP contribution in [0.2, 0.25) is 0 Å². The number of nitrogens with zero attached hydrogens (tertiary/aromatic N) is 1. The molecule has 0 fully saturated rings. The van der Waals surface area contributed by atoms with Gasteiger partial charge in [0.25, 0.3) is 0 Å². The number of hydrogen-bond acceptors (Lipinski definition) is 5. The summed E-state index contributed by atoms with van der Waals surface area (Å²) in [4.78, 5) is 2.05. The summed E-state index contributed by atoms with van der Waals surface area (Å²) in [5.74, 6) is 1.17. The predicted molar refractivity (Wildman–Crippen MR) is 92.2 cm³/mol. The summed E-state index contributed by atoms with van der Waals surface area (Å²) in [5, 5.41) is 19.9. The second kappa shape index (κ2) is 5.23. The van der Waals surface area contributed by atoms with Crippen LogP contribution in [0.1, 0.15) is 5.56 Å². The predicted octanol–water partition coefficient (Wildman–Crippen LogP) is 3.48. The van der Waals surface area contributed by atoms with Crippen molar-refractivity contribution in [2.75, 3.05) is 25.7 Å². The number of fused-ring (bicyclic) bond motifs is 6. The SMILES string of the molecule is COC1=C2c3c(OC)cccc3-c3cc(O)c(O)cc3N2CC=C1. The molecule has 0 saturated carbocycles. The molecule has 5 nitrogen and oxygen atoms in total. The molecule has 2 N–H and O–H groups in total. The van der Waals surface area contributed by atoms with Gasteiger partial charge in [0, 0.05) is 18.2 Å². The first kappa shape index (κ1) is 14.5. The molecule has 5 heteroatoms. The first-order valence-corrected chi connectivity index (χ1v) is 7.61. The third-order valence-electron chi connectivity index (χ3n) is 4.44. The number of hydrogen-bond donors (Lipinski definition) is 2. The molecule has 0 unspecified atom stereocenters. The molecule has 2 aliphatic heterocycles. The molecule has 2 heterocycles. The van der Waals surface area contributed by atoms with Crippen molar-refractivity contribution in [1.82, 2.24) is 0 Å². The van der Waals surface area contributed by atoms with Gasteiger partial charge in [-0.1, -0.05) is 18.2 Å². The summed E-state index contributed by atoms with van der Waals surface area (Å²) in [6.45, 7) is 0.636. The first-order valence-electron chi connectivity index (χ1n) is 7.61. The average molecular weight is 323 g/mol. The van der Waals surface area contributed by atoms with E-state index in [4.69, 9.17) is 9.47 Å². The molecule has 4 rings (SSSR count). The Bertz CT molecular complexity index is 898. The summed E-state index contributed by atoms with van der Waals surface area (Å²) in [6.07, 6.45) is 3.93. The highest BCUT2D eigenvalue weighted by Crippen LogP contribution is 2.52. The van der Waals surface area contributed by atoms with Crippen molar-refractivity contribution in [2.24, 2.45) is 0 Å². The molecule has 0 aliphatic carbocycles. The van der Waals surface area contributed by atoms with E-state index in [1.807, 2.05) is 30.4 Å². The fraction of sp³-hybridized carbons (Fsp3) is 0.158. The number of ether oxygens (including phenoxy) is 2. The van der Waals surface area contributed by atoms with E-state index in [-0.39, 0.29) is 11.5 Å². The van der Waals surface area contributed by atoms with Crippen LogP contribution in [0.5, 0.6) is 17.2 Å². The molecule has 0 bridgehead atoms. The molecular formula is C19H17NO4. The number of rotatable bonds is 2. The van der Waals surface area contributed by atoms with Crippen molar-refractivity contribution >= 4 is 11.4 Å². The Morgan fingerprint density at radius 1 is 1.00 bits per heavy atom. The van der Waals surface area contributed by atoms with Crippen LogP contribution in [-0.4, -0.2) is 31.0 Å². The maximum atomic E-state index is 9.97. The monoisotopic (exact) mass is 323 g/mol. The number of allylic oxidation sites excluding steroid dienone is 1. The molecule has 24 heavy (non-hydrogen) atoms. The third-order valence-corrected chi connectivity index (χ3v) is 4.44. The maximum absolute atomic E-state index is 9.97. The Labute approximate surface area is 139 Å². The smallest absolute Gasteiger partial charge is 0.159 e. The van der Waals surface area contributed by atoms with Crippen LogP contribution >= 0.6 is 0 Å². The van der Waals surface area contributed by atoms with Gasteiger partial charge < -0.3 is 24.6 Å². The number of anilines is 1. The quantitative estimate of drug-likeness (QED) is 0.829. The molecular weight excluding hydrogens is 306 g/mol. The average Bonchev–Trinajstić information content (AvgIpc) is 2.62. The highest BCUT2D eigenvalue weighted by Gasteiger charge is 2.33. The van der Waals surface area contributed by atoms with E-state index in [0.29, 0.717) is 6.54 Å². The van der Waals surface area contributed by atoms with Crippen molar-refractivity contribution in [1.29, 1.82) is 0 Å². The molecule has 2 aromatic rings. The van der Waals surface area contributed by atoms with Crippen LogP contribution in [0, 0.1) is 0 Å². The highest BCUT2D eigenvalue weighted by atomic mass is 16.5. The van der Waals surface area contributed by atoms with Crippen LogP contribution < -0.4 is 9.64 Å². The fourth-order valence-corrected chi connectivity index (χ4v) is 3.38. The topological polar surface area (TPSA) is 62.2 Å². The number of phenolic OH excluding ortho intramolecular Hbond substituents is 2. The van der Waals surface area contributed by atoms with Gasteiger partial charge in [0.2, 0.25) is 0 Å². The Kier molecular flexibility index (Phi) is 3.16. The standard InChI is InChI=1S/C19H17NO4/c1-23-16-6-3-5-11-12-9-14(21)15(22)10-13(12)20-8-4-7-17(24-2)19(20)18(11)16/h3-7,9-10,21-22H,8H2,1-2H3. The minimum absolute atomic E-state index is 0.144. The zero-order chi connectivity index (χ0) is 16.8. The number of phenols is 2. The minimum Gasteiger partial charge on any atom is -0.504 e. The lowest BCUT2D eigenvalue weighted by atomic mass is 9.88. The minimum atomic E-state index is -0.145. The van der Waals surface area contributed by atoms with E-state index in [1.54, 1.807) is 26.4 Å². The Balaban J connectivity index is 2.13. The molecule has 0 atom stereocenters. The van der Waals surface area contributed by atoms with E-state index in [2.05, 4.69) is 4.90 Å². The van der Waals surface area contributed by atoms with Gasteiger partial charge >= 0.3 is 0 Å². The highest BCUT2D eigenvalue weighted by molar-refractivity contribution is 6.03. The second-order valence-electron chi connectivity index (χ2n) is 5.67. The largest absolute Gasteiger partial charge is 0.504 e. The van der Waals surface area contributed by atoms with Crippen LogP contribution in [0.4, 0.5) is 5.69 Å².